The van der Waals surface area contributed by atoms with Gasteiger partial charge in [-0.25, -0.2) is 0 Å². The number of aldehydes is 2. The van der Waals surface area contributed by atoms with Crippen molar-refractivity contribution in [1.82, 2.24) is 0 Å². The Kier molecular flexibility index (Phi) is 2.79. The molecule has 0 heterocycles. The summed E-state index contributed by atoms with van der Waals surface area (Å²) in [5.41, 5.74) is 0.580. The van der Waals surface area contributed by atoms with E-state index in [0.29, 0.717) is 11.5 Å². The Bertz CT molecular complexity index is 208. The highest BCUT2D eigenvalue weighted by atomic mass is 16.1. The minimum atomic E-state index is 0.0164. The molecule has 3 atom stereocenters. The molecule has 0 bridgehead atoms. The van der Waals surface area contributed by atoms with E-state index in [4.69, 9.17) is 0 Å². The Hall–Kier alpha value is -0.920. The molecule has 2 nitrogen and oxygen atoms in total. The SMILES string of the molecule is C=C(C=O)[C@@H]1CCC(C)[C@@H]1C=O. The molecule has 0 amide bonds. The first-order valence-corrected chi connectivity index (χ1v) is 4.30. The van der Waals surface area contributed by atoms with Crippen LogP contribution >= 0.6 is 0 Å². The first-order valence-electron chi connectivity index (χ1n) is 4.30. The van der Waals surface area contributed by atoms with Crippen LogP contribution in [-0.2, 0) is 9.59 Å². The number of carbonyl (C=O) groups is 2. The smallest absolute Gasteiger partial charge is 0.145 e. The van der Waals surface area contributed by atoms with E-state index in [-0.39, 0.29) is 11.8 Å². The normalized spacial score (nSPS) is 34.6. The zero-order chi connectivity index (χ0) is 9.14. The van der Waals surface area contributed by atoms with Gasteiger partial charge in [0.2, 0.25) is 0 Å². The molecule has 0 radical (unpaired) electrons. The van der Waals surface area contributed by atoms with E-state index < -0.39 is 0 Å². The Labute approximate surface area is 72.7 Å². The molecule has 0 aromatic carbocycles. The van der Waals surface area contributed by atoms with Gasteiger partial charge in [-0.15, -0.1) is 0 Å². The maximum absolute atomic E-state index is 10.7. The number of hydrogen-bond acceptors (Lipinski definition) is 2. The molecule has 1 unspecified atom stereocenters. The third kappa shape index (κ3) is 1.47. The monoisotopic (exact) mass is 166 g/mol. The molecule has 66 valence electrons. The molecule has 0 aliphatic heterocycles. The molecular formula is C10H14O2. The third-order valence-corrected chi connectivity index (χ3v) is 2.84. The molecule has 1 aliphatic carbocycles. The fourth-order valence-corrected chi connectivity index (χ4v) is 1.97. The van der Waals surface area contributed by atoms with Gasteiger partial charge in [-0.2, -0.15) is 0 Å². The van der Waals surface area contributed by atoms with Gasteiger partial charge in [-0.05, 0) is 30.3 Å². The van der Waals surface area contributed by atoms with E-state index >= 15 is 0 Å². The van der Waals surface area contributed by atoms with Gasteiger partial charge in [0.05, 0.1) is 0 Å². The van der Waals surface area contributed by atoms with Crippen molar-refractivity contribution in [3.63, 3.8) is 0 Å². The maximum atomic E-state index is 10.7. The maximum Gasteiger partial charge on any atom is 0.145 e. The highest BCUT2D eigenvalue weighted by Gasteiger charge is 2.34. The Morgan fingerprint density at radius 2 is 2.08 bits per heavy atom. The lowest BCUT2D eigenvalue weighted by atomic mass is 9.87. The van der Waals surface area contributed by atoms with Gasteiger partial charge >= 0.3 is 0 Å². The average Bonchev–Trinajstić information content (AvgIpc) is 2.45. The molecule has 0 aromatic heterocycles. The number of carbonyl (C=O) groups excluding carboxylic acids is 2. The lowest BCUT2D eigenvalue weighted by Gasteiger charge is -2.15. The van der Waals surface area contributed by atoms with Crippen molar-refractivity contribution >= 4 is 12.6 Å². The summed E-state index contributed by atoms with van der Waals surface area (Å²) in [4.78, 5) is 21.1. The largest absolute Gasteiger partial charge is 0.303 e. The fourth-order valence-electron chi connectivity index (χ4n) is 1.97. The van der Waals surface area contributed by atoms with Crippen molar-refractivity contribution in [2.75, 3.05) is 0 Å². The summed E-state index contributed by atoms with van der Waals surface area (Å²) in [6.45, 7) is 5.71. The van der Waals surface area contributed by atoms with E-state index in [0.717, 1.165) is 25.4 Å². The van der Waals surface area contributed by atoms with Crippen LogP contribution < -0.4 is 0 Å². The van der Waals surface area contributed by atoms with Crippen molar-refractivity contribution in [1.29, 1.82) is 0 Å². The summed E-state index contributed by atoms with van der Waals surface area (Å²) in [7, 11) is 0. The molecule has 1 rings (SSSR count). The minimum absolute atomic E-state index is 0.0164. The first kappa shape index (κ1) is 9.17. The predicted molar refractivity (Wildman–Crippen MR) is 46.6 cm³/mol. The van der Waals surface area contributed by atoms with E-state index in [1.807, 2.05) is 0 Å². The Morgan fingerprint density at radius 1 is 1.42 bits per heavy atom. The molecule has 1 aliphatic rings. The first-order chi connectivity index (χ1) is 5.70. The molecular weight excluding hydrogens is 152 g/mol. The number of rotatable bonds is 3. The second kappa shape index (κ2) is 3.65. The lowest BCUT2D eigenvalue weighted by molar-refractivity contribution is -0.112. The van der Waals surface area contributed by atoms with Crippen LogP contribution in [0.2, 0.25) is 0 Å². The second-order valence-electron chi connectivity index (χ2n) is 3.57. The molecule has 12 heavy (non-hydrogen) atoms. The molecule has 0 saturated heterocycles. The van der Waals surface area contributed by atoms with Crippen LogP contribution in [0, 0.1) is 17.8 Å². The quantitative estimate of drug-likeness (QED) is 0.471. The Balaban J connectivity index is 2.72. The number of hydrogen-bond donors (Lipinski definition) is 0. The topological polar surface area (TPSA) is 34.1 Å². The fraction of sp³-hybridized carbons (Fsp3) is 0.600. The average molecular weight is 166 g/mol. The van der Waals surface area contributed by atoms with Gasteiger partial charge in [0.25, 0.3) is 0 Å². The summed E-state index contributed by atoms with van der Waals surface area (Å²) in [6.07, 6.45) is 3.71. The van der Waals surface area contributed by atoms with E-state index in [9.17, 15) is 9.59 Å². The summed E-state index contributed by atoms with van der Waals surface area (Å²) in [6, 6.07) is 0. The van der Waals surface area contributed by atoms with E-state index in [2.05, 4.69) is 13.5 Å². The second-order valence-corrected chi connectivity index (χ2v) is 3.57. The summed E-state index contributed by atoms with van der Waals surface area (Å²) < 4.78 is 0. The van der Waals surface area contributed by atoms with Crippen LogP contribution in [0.25, 0.3) is 0 Å². The molecule has 0 N–H and O–H groups in total. The van der Waals surface area contributed by atoms with Gasteiger partial charge < -0.3 is 4.79 Å². The highest BCUT2D eigenvalue weighted by molar-refractivity contribution is 5.74. The van der Waals surface area contributed by atoms with Gasteiger partial charge in [-0.1, -0.05) is 13.5 Å². The molecule has 2 heteroatoms. The zero-order valence-corrected chi connectivity index (χ0v) is 7.32. The third-order valence-electron chi connectivity index (χ3n) is 2.84. The van der Waals surface area contributed by atoms with Crippen molar-refractivity contribution in [3.05, 3.63) is 12.2 Å². The van der Waals surface area contributed by atoms with Crippen LogP contribution in [-0.4, -0.2) is 12.6 Å². The predicted octanol–water partition coefficient (Wildman–Crippen LogP) is 1.60. The van der Waals surface area contributed by atoms with Gasteiger partial charge in [0.1, 0.15) is 12.6 Å². The van der Waals surface area contributed by atoms with Crippen LogP contribution in [0.5, 0.6) is 0 Å². The van der Waals surface area contributed by atoms with E-state index in [1.165, 1.54) is 0 Å². The van der Waals surface area contributed by atoms with Gasteiger partial charge in [0.15, 0.2) is 0 Å². The standard InChI is InChI=1S/C10H14O2/c1-7-3-4-9(8(2)5-11)10(7)6-12/h5-7,9-10H,2-4H2,1H3/t7?,9-,10-/m0/s1. The van der Waals surface area contributed by atoms with Crippen LogP contribution in [0.3, 0.4) is 0 Å². The lowest BCUT2D eigenvalue weighted by Crippen LogP contribution is -2.16. The molecule has 0 spiro atoms. The van der Waals surface area contributed by atoms with Gasteiger partial charge in [0, 0.05) is 5.92 Å². The molecule has 1 saturated carbocycles. The van der Waals surface area contributed by atoms with Crippen LogP contribution in [0.4, 0.5) is 0 Å². The summed E-state index contributed by atoms with van der Waals surface area (Å²) >= 11 is 0. The zero-order valence-electron chi connectivity index (χ0n) is 7.32. The molecule has 1 fully saturated rings. The van der Waals surface area contributed by atoms with Crippen molar-refractivity contribution in [3.8, 4) is 0 Å². The van der Waals surface area contributed by atoms with Gasteiger partial charge in [-0.3, -0.25) is 4.79 Å². The van der Waals surface area contributed by atoms with E-state index in [1.54, 1.807) is 0 Å². The van der Waals surface area contributed by atoms with Crippen molar-refractivity contribution in [2.24, 2.45) is 17.8 Å². The summed E-state index contributed by atoms with van der Waals surface area (Å²) in [5.74, 6) is 0.530. The van der Waals surface area contributed by atoms with Crippen LogP contribution in [0.1, 0.15) is 19.8 Å². The Morgan fingerprint density at radius 3 is 2.58 bits per heavy atom. The van der Waals surface area contributed by atoms with Crippen molar-refractivity contribution < 1.29 is 9.59 Å². The molecule has 0 aromatic rings. The van der Waals surface area contributed by atoms with Crippen LogP contribution in [0.15, 0.2) is 12.2 Å². The number of allylic oxidation sites excluding steroid dienone is 1. The van der Waals surface area contributed by atoms with Crippen molar-refractivity contribution in [2.45, 2.75) is 19.8 Å². The summed E-state index contributed by atoms with van der Waals surface area (Å²) in [5, 5.41) is 0. The minimum Gasteiger partial charge on any atom is -0.303 e. The highest BCUT2D eigenvalue weighted by Crippen LogP contribution is 2.38.